The molecule has 1 N–H and O–H groups in total. The van der Waals surface area contributed by atoms with Crippen LogP contribution in [0.4, 0.5) is 10.5 Å². The van der Waals surface area contributed by atoms with Crippen molar-refractivity contribution < 1.29 is 33.3 Å². The normalized spacial score (nSPS) is 13.2. The number of hydrogen-bond donors (Lipinski definition) is 1. The van der Waals surface area contributed by atoms with E-state index in [-0.39, 0.29) is 17.5 Å². The van der Waals surface area contributed by atoms with Crippen molar-refractivity contribution in [1.29, 1.82) is 0 Å². The van der Waals surface area contributed by atoms with Gasteiger partial charge in [-0.2, -0.15) is 0 Å². The molecular weight excluding hydrogens is 430 g/mol. The summed E-state index contributed by atoms with van der Waals surface area (Å²) in [5.74, 6) is -0.0655. The lowest BCUT2D eigenvalue weighted by molar-refractivity contribution is -0.135. The van der Waals surface area contributed by atoms with Gasteiger partial charge in [0.25, 0.3) is 5.91 Å². The fourth-order valence-electron chi connectivity index (χ4n) is 3.38. The first-order valence-electron chi connectivity index (χ1n) is 10.3. The number of urea groups is 1. The van der Waals surface area contributed by atoms with E-state index in [1.165, 1.54) is 33.5 Å². The number of hydrogen-bond acceptors (Lipinski definition) is 7. The predicted molar refractivity (Wildman–Crippen MR) is 120 cm³/mol. The van der Waals surface area contributed by atoms with Gasteiger partial charge in [-0.1, -0.05) is 18.2 Å². The maximum atomic E-state index is 12.5. The maximum absolute atomic E-state index is 12.5. The molecule has 1 fully saturated rings. The lowest BCUT2D eigenvalue weighted by Crippen LogP contribution is -2.52. The summed E-state index contributed by atoms with van der Waals surface area (Å²) in [5.41, 5.74) is 0.874. The van der Waals surface area contributed by atoms with Gasteiger partial charge in [0.05, 0.1) is 26.9 Å². The number of nitrogens with one attached hydrogen (secondary N) is 1. The summed E-state index contributed by atoms with van der Waals surface area (Å²) >= 11 is 0. The minimum absolute atomic E-state index is 0.166. The lowest BCUT2D eigenvalue weighted by Gasteiger charge is -2.34. The highest BCUT2D eigenvalue weighted by molar-refractivity contribution is 5.93. The molecule has 0 saturated carbocycles. The Morgan fingerprint density at radius 2 is 1.42 bits per heavy atom. The van der Waals surface area contributed by atoms with E-state index in [9.17, 15) is 14.4 Å². The maximum Gasteiger partial charge on any atom is 0.338 e. The van der Waals surface area contributed by atoms with Gasteiger partial charge in [0, 0.05) is 31.9 Å². The largest absolute Gasteiger partial charge is 0.493 e. The fourth-order valence-corrected chi connectivity index (χ4v) is 3.38. The molecule has 176 valence electrons. The van der Waals surface area contributed by atoms with E-state index in [0.717, 1.165) is 0 Å². The Morgan fingerprint density at radius 3 is 1.97 bits per heavy atom. The van der Waals surface area contributed by atoms with Crippen LogP contribution in [0.25, 0.3) is 0 Å². The highest BCUT2D eigenvalue weighted by Gasteiger charge is 2.25. The first-order chi connectivity index (χ1) is 16.0. The zero-order valence-electron chi connectivity index (χ0n) is 18.8. The van der Waals surface area contributed by atoms with E-state index in [4.69, 9.17) is 18.9 Å². The van der Waals surface area contributed by atoms with Gasteiger partial charge >= 0.3 is 12.0 Å². The molecule has 0 atom stereocenters. The Kier molecular flexibility index (Phi) is 7.96. The summed E-state index contributed by atoms with van der Waals surface area (Å²) in [6.45, 7) is 1.05. The molecule has 2 aromatic rings. The van der Waals surface area contributed by atoms with Gasteiger partial charge in [-0.3, -0.25) is 4.79 Å². The Morgan fingerprint density at radius 1 is 0.848 bits per heavy atom. The number of esters is 1. The smallest absolute Gasteiger partial charge is 0.338 e. The molecule has 0 unspecified atom stereocenters. The van der Waals surface area contributed by atoms with Crippen LogP contribution in [0.3, 0.4) is 0 Å². The number of piperazine rings is 1. The van der Waals surface area contributed by atoms with Crippen LogP contribution < -0.4 is 19.5 Å². The van der Waals surface area contributed by atoms with Crippen molar-refractivity contribution in [2.75, 3.05) is 59.4 Å². The van der Waals surface area contributed by atoms with Crippen LogP contribution >= 0.6 is 0 Å². The lowest BCUT2D eigenvalue weighted by atomic mass is 10.2. The zero-order chi connectivity index (χ0) is 23.8. The number of rotatable bonds is 7. The molecule has 33 heavy (non-hydrogen) atoms. The van der Waals surface area contributed by atoms with E-state index in [1.54, 1.807) is 21.9 Å². The van der Waals surface area contributed by atoms with Gasteiger partial charge in [-0.25, -0.2) is 9.59 Å². The molecular formula is C23H27N3O7. The first-order valence-corrected chi connectivity index (χ1v) is 10.3. The summed E-state index contributed by atoms with van der Waals surface area (Å²) in [6.07, 6.45) is 0. The molecule has 0 radical (unpaired) electrons. The molecule has 1 saturated heterocycles. The second kappa shape index (κ2) is 11.1. The molecule has 1 aliphatic heterocycles. The summed E-state index contributed by atoms with van der Waals surface area (Å²) < 4.78 is 20.9. The Bertz CT molecular complexity index is 964. The van der Waals surface area contributed by atoms with Crippen LogP contribution in [-0.4, -0.2) is 81.8 Å². The first kappa shape index (κ1) is 23.7. The molecule has 1 heterocycles. The highest BCUT2D eigenvalue weighted by atomic mass is 16.5. The number of carbonyl (C=O) groups excluding carboxylic acids is 3. The van der Waals surface area contributed by atoms with Crippen molar-refractivity contribution in [3.8, 4) is 17.2 Å². The quantitative estimate of drug-likeness (QED) is 0.636. The van der Waals surface area contributed by atoms with Gasteiger partial charge < -0.3 is 34.1 Å². The van der Waals surface area contributed by atoms with Crippen molar-refractivity contribution in [2.45, 2.75) is 0 Å². The SMILES string of the molecule is COc1cc(C(=O)OCC(=O)N2CCN(C(=O)Nc3ccccc3)CC2)cc(OC)c1OC. The van der Waals surface area contributed by atoms with E-state index in [2.05, 4.69) is 5.32 Å². The van der Waals surface area contributed by atoms with E-state index < -0.39 is 12.6 Å². The van der Waals surface area contributed by atoms with E-state index in [1.807, 2.05) is 18.2 Å². The molecule has 0 aromatic heterocycles. The predicted octanol–water partition coefficient (Wildman–Crippen LogP) is 2.25. The van der Waals surface area contributed by atoms with E-state index in [0.29, 0.717) is 49.1 Å². The molecule has 1 aliphatic rings. The Hall–Kier alpha value is -3.95. The average Bonchev–Trinajstić information content (AvgIpc) is 2.86. The summed E-state index contributed by atoms with van der Waals surface area (Å²) in [6, 6.07) is 11.9. The third kappa shape index (κ3) is 5.85. The van der Waals surface area contributed by atoms with Crippen LogP contribution in [0.1, 0.15) is 10.4 Å². The molecule has 0 bridgehead atoms. The third-order valence-electron chi connectivity index (χ3n) is 5.17. The van der Waals surface area contributed by atoms with Crippen molar-refractivity contribution in [2.24, 2.45) is 0 Å². The van der Waals surface area contributed by atoms with Crippen molar-refractivity contribution in [1.82, 2.24) is 9.80 Å². The van der Waals surface area contributed by atoms with Gasteiger partial charge in [0.15, 0.2) is 18.1 Å². The molecule has 0 aliphatic carbocycles. The molecule has 3 amide bonds. The highest BCUT2D eigenvalue weighted by Crippen LogP contribution is 2.38. The third-order valence-corrected chi connectivity index (χ3v) is 5.17. The van der Waals surface area contributed by atoms with Gasteiger partial charge in [0.2, 0.25) is 5.75 Å². The monoisotopic (exact) mass is 457 g/mol. The Labute approximate surface area is 192 Å². The van der Waals surface area contributed by atoms with Crippen LogP contribution in [0.2, 0.25) is 0 Å². The summed E-state index contributed by atoms with van der Waals surface area (Å²) in [7, 11) is 4.34. The standard InChI is InChI=1S/C23H27N3O7/c1-30-18-13-16(14-19(31-2)21(18)32-3)22(28)33-15-20(27)25-9-11-26(12-10-25)23(29)24-17-7-5-4-6-8-17/h4-8,13-14H,9-12,15H2,1-3H3,(H,24,29). The average molecular weight is 457 g/mol. The molecule has 10 nitrogen and oxygen atoms in total. The number of ether oxygens (including phenoxy) is 4. The van der Waals surface area contributed by atoms with Crippen LogP contribution in [0.5, 0.6) is 17.2 Å². The van der Waals surface area contributed by atoms with Crippen molar-refractivity contribution in [3.05, 3.63) is 48.0 Å². The molecule has 2 aromatic carbocycles. The molecule has 0 spiro atoms. The van der Waals surface area contributed by atoms with E-state index >= 15 is 0 Å². The summed E-state index contributed by atoms with van der Waals surface area (Å²) in [5, 5.41) is 2.83. The number of benzene rings is 2. The Balaban J connectivity index is 1.50. The van der Waals surface area contributed by atoms with Gasteiger partial charge in [0.1, 0.15) is 0 Å². The van der Waals surface area contributed by atoms with Crippen molar-refractivity contribution in [3.63, 3.8) is 0 Å². The number of anilines is 1. The minimum Gasteiger partial charge on any atom is -0.493 e. The number of para-hydroxylation sites is 1. The van der Waals surface area contributed by atoms with Gasteiger partial charge in [-0.05, 0) is 24.3 Å². The van der Waals surface area contributed by atoms with Crippen molar-refractivity contribution >= 4 is 23.6 Å². The topological polar surface area (TPSA) is 107 Å². The number of methoxy groups -OCH3 is 3. The van der Waals surface area contributed by atoms with Crippen LogP contribution in [0.15, 0.2) is 42.5 Å². The molecule has 10 heteroatoms. The zero-order valence-corrected chi connectivity index (χ0v) is 18.8. The number of carbonyl (C=O) groups is 3. The fraction of sp³-hybridized carbons (Fsp3) is 0.348. The molecule has 3 rings (SSSR count). The van der Waals surface area contributed by atoms with Gasteiger partial charge in [-0.15, -0.1) is 0 Å². The van der Waals surface area contributed by atoms with Crippen LogP contribution in [-0.2, 0) is 9.53 Å². The summed E-state index contributed by atoms with van der Waals surface area (Å²) in [4.78, 5) is 40.6. The number of amides is 3. The number of nitrogens with zero attached hydrogens (tertiary/aromatic N) is 2. The second-order valence-corrected chi connectivity index (χ2v) is 7.15. The second-order valence-electron chi connectivity index (χ2n) is 7.15. The van der Waals surface area contributed by atoms with Crippen LogP contribution in [0, 0.1) is 0 Å². The minimum atomic E-state index is -0.691.